The first-order chi connectivity index (χ1) is 10.1. The van der Waals surface area contributed by atoms with Crippen LogP contribution >= 0.6 is 0 Å². The molecule has 1 amide bonds. The Morgan fingerprint density at radius 2 is 1.76 bits per heavy atom. The van der Waals surface area contributed by atoms with E-state index in [0.29, 0.717) is 13.1 Å². The molecule has 2 aromatic heterocycles. The van der Waals surface area contributed by atoms with Crippen LogP contribution in [0.25, 0.3) is 0 Å². The Bertz CT molecular complexity index is 547. The molecule has 3 rings (SSSR count). The summed E-state index contributed by atoms with van der Waals surface area (Å²) in [6.45, 7) is 2.61. The topological polar surface area (TPSA) is 72.6 Å². The standard InChI is InChI=1S/C16H20N2O3/c1-16(17,12-6-7-12)15(19)18(10-13-4-2-8-20-13)11-14-5-3-9-21-14/h2-5,8-9,12H,6-7,10-11,17H2,1H3. The molecule has 0 bridgehead atoms. The van der Waals surface area contributed by atoms with Gasteiger partial charge in [-0.1, -0.05) is 0 Å². The number of hydrogen-bond acceptors (Lipinski definition) is 4. The fourth-order valence-corrected chi connectivity index (χ4v) is 2.58. The number of carbonyl (C=O) groups excluding carboxylic acids is 1. The van der Waals surface area contributed by atoms with Crippen LogP contribution in [0.3, 0.4) is 0 Å². The maximum atomic E-state index is 12.8. The molecule has 1 saturated carbocycles. The van der Waals surface area contributed by atoms with Crippen LogP contribution < -0.4 is 5.73 Å². The molecule has 2 aromatic rings. The fourth-order valence-electron chi connectivity index (χ4n) is 2.58. The first-order valence-electron chi connectivity index (χ1n) is 7.20. The van der Waals surface area contributed by atoms with Gasteiger partial charge in [0.25, 0.3) is 0 Å². The highest BCUT2D eigenvalue weighted by Crippen LogP contribution is 2.39. The predicted molar refractivity (Wildman–Crippen MR) is 77.0 cm³/mol. The Hall–Kier alpha value is -2.01. The second kappa shape index (κ2) is 5.41. The van der Waals surface area contributed by atoms with Crippen molar-refractivity contribution in [3.8, 4) is 0 Å². The van der Waals surface area contributed by atoms with Gasteiger partial charge in [0.15, 0.2) is 0 Å². The molecule has 2 N–H and O–H groups in total. The molecule has 0 spiro atoms. The molecule has 0 aliphatic heterocycles. The lowest BCUT2D eigenvalue weighted by atomic mass is 9.95. The van der Waals surface area contributed by atoms with Gasteiger partial charge in [-0.25, -0.2) is 0 Å². The van der Waals surface area contributed by atoms with Crippen molar-refractivity contribution >= 4 is 5.91 Å². The summed E-state index contributed by atoms with van der Waals surface area (Å²) in [5, 5.41) is 0. The number of furan rings is 2. The predicted octanol–water partition coefficient (Wildman–Crippen LogP) is 2.53. The minimum atomic E-state index is -0.820. The van der Waals surface area contributed by atoms with Gasteiger partial charge in [0.1, 0.15) is 11.5 Å². The van der Waals surface area contributed by atoms with Crippen LogP contribution in [0.2, 0.25) is 0 Å². The van der Waals surface area contributed by atoms with Crippen LogP contribution in [0.4, 0.5) is 0 Å². The Morgan fingerprint density at radius 1 is 1.24 bits per heavy atom. The molecule has 1 unspecified atom stereocenters. The third-order valence-corrected chi connectivity index (χ3v) is 4.03. The van der Waals surface area contributed by atoms with Crippen molar-refractivity contribution in [2.75, 3.05) is 0 Å². The summed E-state index contributed by atoms with van der Waals surface area (Å²) < 4.78 is 10.7. The summed E-state index contributed by atoms with van der Waals surface area (Å²) >= 11 is 0. The van der Waals surface area contributed by atoms with E-state index in [1.54, 1.807) is 17.4 Å². The maximum absolute atomic E-state index is 12.8. The molecule has 2 heterocycles. The van der Waals surface area contributed by atoms with Crippen LogP contribution in [0, 0.1) is 5.92 Å². The highest BCUT2D eigenvalue weighted by atomic mass is 16.3. The lowest BCUT2D eigenvalue weighted by molar-refractivity contribution is -0.139. The second-order valence-corrected chi connectivity index (χ2v) is 5.88. The van der Waals surface area contributed by atoms with Gasteiger partial charge in [-0.05, 0) is 49.9 Å². The van der Waals surface area contributed by atoms with E-state index in [9.17, 15) is 4.79 Å². The molecule has 0 saturated heterocycles. The van der Waals surface area contributed by atoms with Crippen LogP contribution in [0.1, 0.15) is 31.3 Å². The van der Waals surface area contributed by atoms with Crippen molar-refractivity contribution in [2.45, 2.75) is 38.4 Å². The van der Waals surface area contributed by atoms with Crippen LogP contribution in [-0.2, 0) is 17.9 Å². The van der Waals surface area contributed by atoms with Crippen molar-refractivity contribution in [2.24, 2.45) is 11.7 Å². The minimum Gasteiger partial charge on any atom is -0.467 e. The SMILES string of the molecule is CC(N)(C(=O)N(Cc1ccco1)Cc1ccco1)C1CC1. The van der Waals surface area contributed by atoms with Gasteiger partial charge in [0, 0.05) is 0 Å². The average Bonchev–Trinajstić information content (AvgIpc) is 2.98. The van der Waals surface area contributed by atoms with E-state index in [-0.39, 0.29) is 11.8 Å². The molecule has 1 aliphatic carbocycles. The molecule has 0 radical (unpaired) electrons. The monoisotopic (exact) mass is 288 g/mol. The summed E-state index contributed by atoms with van der Waals surface area (Å²) in [7, 11) is 0. The van der Waals surface area contributed by atoms with Gasteiger partial charge in [-0.2, -0.15) is 0 Å². The fraction of sp³-hybridized carbons (Fsp3) is 0.438. The zero-order valence-corrected chi connectivity index (χ0v) is 12.1. The summed E-state index contributed by atoms with van der Waals surface area (Å²) in [5.41, 5.74) is 5.45. The summed E-state index contributed by atoms with van der Waals surface area (Å²) in [6, 6.07) is 7.33. The first-order valence-corrected chi connectivity index (χ1v) is 7.20. The van der Waals surface area contributed by atoms with E-state index in [1.165, 1.54) is 0 Å². The van der Waals surface area contributed by atoms with Gasteiger partial charge in [-0.3, -0.25) is 4.79 Å². The van der Waals surface area contributed by atoms with Crippen molar-refractivity contribution in [3.05, 3.63) is 48.3 Å². The number of nitrogens with zero attached hydrogens (tertiary/aromatic N) is 1. The van der Waals surface area contributed by atoms with Crippen LogP contribution in [0.5, 0.6) is 0 Å². The van der Waals surface area contributed by atoms with Crippen molar-refractivity contribution < 1.29 is 13.6 Å². The Kier molecular flexibility index (Phi) is 3.59. The molecular formula is C16H20N2O3. The van der Waals surface area contributed by atoms with Crippen molar-refractivity contribution in [3.63, 3.8) is 0 Å². The summed E-state index contributed by atoms with van der Waals surface area (Å²) in [5.74, 6) is 1.70. The highest BCUT2D eigenvalue weighted by Gasteiger charge is 2.46. The second-order valence-electron chi connectivity index (χ2n) is 5.88. The third-order valence-electron chi connectivity index (χ3n) is 4.03. The van der Waals surface area contributed by atoms with E-state index >= 15 is 0 Å². The lowest BCUT2D eigenvalue weighted by Gasteiger charge is -2.31. The summed E-state index contributed by atoms with van der Waals surface area (Å²) in [6.07, 6.45) is 5.25. The molecular weight excluding hydrogens is 268 g/mol. The Balaban J connectivity index is 1.78. The van der Waals surface area contributed by atoms with Gasteiger partial charge < -0.3 is 19.5 Å². The zero-order chi connectivity index (χ0) is 14.9. The third kappa shape index (κ3) is 3.03. The average molecular weight is 288 g/mol. The zero-order valence-electron chi connectivity index (χ0n) is 12.1. The van der Waals surface area contributed by atoms with Crippen molar-refractivity contribution in [1.29, 1.82) is 0 Å². The normalized spacial score (nSPS) is 17.4. The number of carbonyl (C=O) groups is 1. The van der Waals surface area contributed by atoms with E-state index in [1.807, 2.05) is 31.2 Å². The smallest absolute Gasteiger partial charge is 0.243 e. The van der Waals surface area contributed by atoms with Crippen molar-refractivity contribution in [1.82, 2.24) is 4.90 Å². The molecule has 5 heteroatoms. The van der Waals surface area contributed by atoms with E-state index in [4.69, 9.17) is 14.6 Å². The highest BCUT2D eigenvalue weighted by molar-refractivity contribution is 5.86. The molecule has 1 fully saturated rings. The molecule has 21 heavy (non-hydrogen) atoms. The number of rotatable bonds is 6. The number of amides is 1. The van der Waals surface area contributed by atoms with Crippen LogP contribution in [0.15, 0.2) is 45.6 Å². The maximum Gasteiger partial charge on any atom is 0.243 e. The summed E-state index contributed by atoms with van der Waals surface area (Å²) in [4.78, 5) is 14.5. The van der Waals surface area contributed by atoms with E-state index < -0.39 is 5.54 Å². The Labute approximate surface area is 123 Å². The number of nitrogens with two attached hydrogens (primary N) is 1. The van der Waals surface area contributed by atoms with Gasteiger partial charge in [-0.15, -0.1) is 0 Å². The van der Waals surface area contributed by atoms with E-state index in [0.717, 1.165) is 24.4 Å². The molecule has 5 nitrogen and oxygen atoms in total. The van der Waals surface area contributed by atoms with Gasteiger partial charge >= 0.3 is 0 Å². The molecule has 112 valence electrons. The quantitative estimate of drug-likeness (QED) is 0.886. The van der Waals surface area contributed by atoms with E-state index in [2.05, 4.69) is 0 Å². The van der Waals surface area contributed by atoms with Gasteiger partial charge in [0.2, 0.25) is 5.91 Å². The Morgan fingerprint density at radius 3 is 2.14 bits per heavy atom. The number of hydrogen-bond donors (Lipinski definition) is 1. The molecule has 1 aliphatic rings. The lowest BCUT2D eigenvalue weighted by Crippen LogP contribution is -2.54. The minimum absolute atomic E-state index is 0.0576. The van der Waals surface area contributed by atoms with Crippen LogP contribution in [-0.4, -0.2) is 16.3 Å². The first kappa shape index (κ1) is 13.9. The largest absolute Gasteiger partial charge is 0.467 e. The molecule has 1 atom stereocenters. The van der Waals surface area contributed by atoms with Gasteiger partial charge in [0.05, 0.1) is 31.2 Å². The molecule has 0 aromatic carbocycles.